The van der Waals surface area contributed by atoms with Crippen molar-refractivity contribution in [3.63, 3.8) is 0 Å². The molecule has 1 aromatic rings. The highest BCUT2D eigenvalue weighted by atomic mass is 16.5. The number of hydrogen-bond donors (Lipinski definition) is 0. The molecule has 1 saturated heterocycles. The molecule has 1 atom stereocenters. The zero-order chi connectivity index (χ0) is 13.8. The van der Waals surface area contributed by atoms with Gasteiger partial charge >= 0.3 is 0 Å². The van der Waals surface area contributed by atoms with Gasteiger partial charge in [0.15, 0.2) is 0 Å². The molecule has 0 N–H and O–H groups in total. The molecule has 1 aliphatic rings. The van der Waals surface area contributed by atoms with Crippen molar-refractivity contribution in [1.82, 2.24) is 19.4 Å². The van der Waals surface area contributed by atoms with E-state index in [0.29, 0.717) is 13.2 Å². The molecule has 2 heterocycles. The fraction of sp³-hybridized carbons (Fsp3) is 0.692. The maximum absolute atomic E-state index is 12.0. The standard InChI is InChI=1S/C13H22N4O2/c1-11-13(18)15(2)6-7-17(11)10-12-14-4-5-16(12)8-9-19-3/h4-5,11H,6-10H2,1-3H3/t11-/m0/s1. The van der Waals surface area contributed by atoms with Gasteiger partial charge in [-0.25, -0.2) is 4.98 Å². The van der Waals surface area contributed by atoms with Crippen molar-refractivity contribution in [2.45, 2.75) is 26.1 Å². The highest BCUT2D eigenvalue weighted by molar-refractivity contribution is 5.81. The van der Waals surface area contributed by atoms with Gasteiger partial charge in [-0.1, -0.05) is 0 Å². The van der Waals surface area contributed by atoms with Crippen LogP contribution >= 0.6 is 0 Å². The van der Waals surface area contributed by atoms with Gasteiger partial charge in [-0.05, 0) is 6.92 Å². The van der Waals surface area contributed by atoms with Gasteiger partial charge in [-0.15, -0.1) is 0 Å². The summed E-state index contributed by atoms with van der Waals surface area (Å²) in [6.07, 6.45) is 3.75. The van der Waals surface area contributed by atoms with E-state index in [1.54, 1.807) is 18.2 Å². The summed E-state index contributed by atoms with van der Waals surface area (Å²) < 4.78 is 7.17. The third kappa shape index (κ3) is 3.13. The Balaban J connectivity index is 2.01. The van der Waals surface area contributed by atoms with Crippen molar-refractivity contribution in [3.05, 3.63) is 18.2 Å². The molecule has 1 fully saturated rings. The lowest BCUT2D eigenvalue weighted by molar-refractivity contribution is -0.139. The van der Waals surface area contributed by atoms with Gasteiger partial charge in [0.2, 0.25) is 5.91 Å². The van der Waals surface area contributed by atoms with E-state index >= 15 is 0 Å². The number of nitrogens with zero attached hydrogens (tertiary/aromatic N) is 4. The molecule has 0 radical (unpaired) electrons. The summed E-state index contributed by atoms with van der Waals surface area (Å²) in [6, 6.07) is -0.0775. The maximum atomic E-state index is 12.0. The number of ether oxygens (including phenoxy) is 1. The molecule has 0 aromatic carbocycles. The lowest BCUT2D eigenvalue weighted by atomic mass is 10.2. The third-order valence-corrected chi connectivity index (χ3v) is 3.69. The number of amides is 1. The number of carbonyl (C=O) groups excluding carboxylic acids is 1. The molecule has 2 rings (SSSR count). The molecule has 1 aliphatic heterocycles. The van der Waals surface area contributed by atoms with E-state index in [4.69, 9.17) is 4.74 Å². The number of aromatic nitrogens is 2. The van der Waals surface area contributed by atoms with E-state index in [0.717, 1.165) is 25.5 Å². The normalized spacial score (nSPS) is 21.1. The van der Waals surface area contributed by atoms with Crippen molar-refractivity contribution in [2.24, 2.45) is 0 Å². The van der Waals surface area contributed by atoms with Gasteiger partial charge in [0.05, 0.1) is 19.2 Å². The summed E-state index contributed by atoms with van der Waals surface area (Å²) in [5.41, 5.74) is 0. The molecule has 0 spiro atoms. The minimum atomic E-state index is -0.0775. The number of rotatable bonds is 5. The first kappa shape index (κ1) is 14.0. The highest BCUT2D eigenvalue weighted by Crippen LogP contribution is 2.13. The molecule has 1 aromatic heterocycles. The van der Waals surface area contributed by atoms with E-state index in [1.807, 2.05) is 20.2 Å². The van der Waals surface area contributed by atoms with E-state index in [9.17, 15) is 4.79 Å². The predicted octanol–water partition coefficient (Wildman–Crippen LogP) is 0.192. The smallest absolute Gasteiger partial charge is 0.239 e. The number of hydrogen-bond acceptors (Lipinski definition) is 4. The van der Waals surface area contributed by atoms with Crippen molar-refractivity contribution in [1.29, 1.82) is 0 Å². The summed E-state index contributed by atoms with van der Waals surface area (Å²) >= 11 is 0. The minimum absolute atomic E-state index is 0.0775. The largest absolute Gasteiger partial charge is 0.383 e. The Morgan fingerprint density at radius 1 is 1.47 bits per heavy atom. The van der Waals surface area contributed by atoms with Crippen LogP contribution < -0.4 is 0 Å². The van der Waals surface area contributed by atoms with Crippen molar-refractivity contribution in [3.8, 4) is 0 Å². The Hall–Kier alpha value is -1.40. The average molecular weight is 266 g/mol. The molecule has 0 aliphatic carbocycles. The van der Waals surface area contributed by atoms with Gasteiger partial charge in [-0.3, -0.25) is 9.69 Å². The van der Waals surface area contributed by atoms with Crippen LogP contribution in [0.4, 0.5) is 0 Å². The SMILES string of the molecule is COCCn1ccnc1CN1CCN(C)C(=O)[C@@H]1C. The molecule has 0 bridgehead atoms. The summed E-state index contributed by atoms with van der Waals surface area (Å²) in [6.45, 7) is 5.79. The Bertz CT molecular complexity index is 432. The van der Waals surface area contributed by atoms with Crippen LogP contribution in [0.3, 0.4) is 0 Å². The lowest BCUT2D eigenvalue weighted by Gasteiger charge is -2.37. The molecular weight excluding hydrogens is 244 g/mol. The first-order valence-corrected chi connectivity index (χ1v) is 6.61. The van der Waals surface area contributed by atoms with Gasteiger partial charge in [0.25, 0.3) is 0 Å². The summed E-state index contributed by atoms with van der Waals surface area (Å²) in [4.78, 5) is 20.3. The number of imidazole rings is 1. The number of likely N-dealkylation sites (N-methyl/N-ethyl adjacent to an activating group) is 1. The Morgan fingerprint density at radius 2 is 2.26 bits per heavy atom. The predicted molar refractivity (Wildman–Crippen MR) is 71.6 cm³/mol. The summed E-state index contributed by atoms with van der Waals surface area (Å²) in [7, 11) is 3.55. The molecule has 0 unspecified atom stereocenters. The van der Waals surface area contributed by atoms with Crippen LogP contribution in [0.25, 0.3) is 0 Å². The van der Waals surface area contributed by atoms with Crippen molar-refractivity contribution < 1.29 is 9.53 Å². The van der Waals surface area contributed by atoms with Crippen LogP contribution in [-0.2, 0) is 22.6 Å². The van der Waals surface area contributed by atoms with E-state index in [1.165, 1.54) is 0 Å². The second-order valence-electron chi connectivity index (χ2n) is 4.94. The highest BCUT2D eigenvalue weighted by Gasteiger charge is 2.29. The molecular formula is C13H22N4O2. The lowest BCUT2D eigenvalue weighted by Crippen LogP contribution is -2.54. The Labute approximate surface area is 114 Å². The zero-order valence-electron chi connectivity index (χ0n) is 11.9. The van der Waals surface area contributed by atoms with Crippen LogP contribution in [-0.4, -0.2) is 65.2 Å². The van der Waals surface area contributed by atoms with Gasteiger partial charge in [0.1, 0.15) is 5.82 Å². The molecule has 6 heteroatoms. The Kier molecular flexibility index (Phi) is 4.55. The topological polar surface area (TPSA) is 50.6 Å². The van der Waals surface area contributed by atoms with E-state index in [-0.39, 0.29) is 11.9 Å². The fourth-order valence-corrected chi connectivity index (χ4v) is 2.34. The first-order valence-electron chi connectivity index (χ1n) is 6.61. The van der Waals surface area contributed by atoms with Crippen LogP contribution in [0.15, 0.2) is 12.4 Å². The Morgan fingerprint density at radius 3 is 3.00 bits per heavy atom. The van der Waals surface area contributed by atoms with E-state index in [2.05, 4.69) is 14.5 Å². The molecule has 6 nitrogen and oxygen atoms in total. The van der Waals surface area contributed by atoms with Crippen LogP contribution in [0.5, 0.6) is 0 Å². The molecule has 0 saturated carbocycles. The quantitative estimate of drug-likeness (QED) is 0.763. The molecule has 19 heavy (non-hydrogen) atoms. The zero-order valence-corrected chi connectivity index (χ0v) is 11.9. The van der Waals surface area contributed by atoms with Gasteiger partial charge < -0.3 is 14.2 Å². The second-order valence-corrected chi connectivity index (χ2v) is 4.94. The molecule has 106 valence electrons. The van der Waals surface area contributed by atoms with Gasteiger partial charge in [0, 0.05) is 46.2 Å². The van der Waals surface area contributed by atoms with Crippen LogP contribution in [0, 0.1) is 0 Å². The third-order valence-electron chi connectivity index (χ3n) is 3.69. The fourth-order valence-electron chi connectivity index (χ4n) is 2.34. The molecule has 1 amide bonds. The monoisotopic (exact) mass is 266 g/mol. The summed E-state index contributed by atoms with van der Waals surface area (Å²) in [5, 5.41) is 0. The number of methoxy groups -OCH3 is 1. The number of carbonyl (C=O) groups is 1. The average Bonchev–Trinajstić information content (AvgIpc) is 2.84. The number of piperazine rings is 1. The first-order chi connectivity index (χ1) is 9.13. The van der Waals surface area contributed by atoms with Crippen LogP contribution in [0.2, 0.25) is 0 Å². The maximum Gasteiger partial charge on any atom is 0.239 e. The minimum Gasteiger partial charge on any atom is -0.383 e. The van der Waals surface area contributed by atoms with E-state index < -0.39 is 0 Å². The van der Waals surface area contributed by atoms with Crippen molar-refractivity contribution in [2.75, 3.05) is 33.9 Å². The summed E-state index contributed by atoms with van der Waals surface area (Å²) in [5.74, 6) is 1.17. The van der Waals surface area contributed by atoms with Crippen molar-refractivity contribution >= 4 is 5.91 Å². The van der Waals surface area contributed by atoms with Gasteiger partial charge in [-0.2, -0.15) is 0 Å². The van der Waals surface area contributed by atoms with Crippen LogP contribution in [0.1, 0.15) is 12.7 Å². The second kappa shape index (κ2) is 6.16.